The van der Waals surface area contributed by atoms with Gasteiger partial charge in [-0.3, -0.25) is 10.1 Å². The lowest BCUT2D eigenvalue weighted by molar-refractivity contribution is -0.123. The number of thiazole rings is 1. The minimum absolute atomic E-state index is 0.0546. The molecule has 0 spiro atoms. The molecule has 0 fully saturated rings. The molecular weight excluding hydrogens is 380 g/mol. The van der Waals surface area contributed by atoms with Gasteiger partial charge < -0.3 is 14.6 Å². The van der Waals surface area contributed by atoms with Crippen molar-refractivity contribution in [3.05, 3.63) is 59.5 Å². The van der Waals surface area contributed by atoms with Gasteiger partial charge in [0, 0.05) is 17.0 Å². The fraction of sp³-hybridized carbons (Fsp3) is 0.150. The van der Waals surface area contributed by atoms with Crippen LogP contribution < -0.4 is 10.1 Å². The molecule has 3 rings (SSSR count). The summed E-state index contributed by atoms with van der Waals surface area (Å²) in [6.45, 7) is 1.44. The summed E-state index contributed by atoms with van der Waals surface area (Å²) in [5.41, 5.74) is 1.63. The molecule has 1 unspecified atom stereocenters. The number of aromatic nitrogens is 1. The molecule has 144 valence electrons. The Hall–Kier alpha value is -3.39. The monoisotopic (exact) mass is 398 g/mol. The minimum Gasteiger partial charge on any atom is -0.507 e. The number of amides is 1. The highest BCUT2D eigenvalue weighted by molar-refractivity contribution is 7.14. The number of phenols is 1. The van der Waals surface area contributed by atoms with Crippen LogP contribution in [0, 0.1) is 0 Å². The van der Waals surface area contributed by atoms with Gasteiger partial charge in [0.15, 0.2) is 11.2 Å². The molecule has 1 amide bonds. The zero-order chi connectivity index (χ0) is 20.1. The Kier molecular flexibility index (Phi) is 5.90. The van der Waals surface area contributed by atoms with Crippen LogP contribution in [0.25, 0.3) is 11.3 Å². The van der Waals surface area contributed by atoms with Gasteiger partial charge in [0.25, 0.3) is 5.91 Å². The van der Waals surface area contributed by atoms with Gasteiger partial charge in [-0.2, -0.15) is 0 Å². The van der Waals surface area contributed by atoms with Gasteiger partial charge in [-0.15, -0.1) is 11.3 Å². The number of carbonyl (C=O) groups is 2. The number of ether oxygens (including phenoxy) is 2. The second kappa shape index (κ2) is 8.53. The lowest BCUT2D eigenvalue weighted by Gasteiger charge is -2.13. The molecule has 8 heteroatoms. The molecule has 2 aromatic carbocycles. The predicted molar refractivity (Wildman–Crippen MR) is 106 cm³/mol. The average Bonchev–Trinajstić information content (AvgIpc) is 3.16. The number of nitrogens with zero attached hydrogens (tertiary/aromatic N) is 1. The highest BCUT2D eigenvalue weighted by Gasteiger charge is 2.22. The first kappa shape index (κ1) is 19.4. The van der Waals surface area contributed by atoms with Crippen LogP contribution in [0.2, 0.25) is 0 Å². The molecule has 0 aliphatic heterocycles. The van der Waals surface area contributed by atoms with Gasteiger partial charge >= 0.3 is 5.97 Å². The molecule has 3 aromatic rings. The second-order valence-electron chi connectivity index (χ2n) is 5.82. The molecule has 1 aromatic heterocycles. The van der Waals surface area contributed by atoms with Crippen molar-refractivity contribution in [2.75, 3.05) is 12.4 Å². The van der Waals surface area contributed by atoms with Gasteiger partial charge in [0.2, 0.25) is 0 Å². The third-order valence-electron chi connectivity index (χ3n) is 3.88. The van der Waals surface area contributed by atoms with Crippen molar-refractivity contribution in [3.63, 3.8) is 0 Å². The summed E-state index contributed by atoms with van der Waals surface area (Å²) in [6, 6.07) is 13.7. The van der Waals surface area contributed by atoms with Crippen molar-refractivity contribution in [3.8, 4) is 22.8 Å². The van der Waals surface area contributed by atoms with Crippen LogP contribution in [-0.2, 0) is 9.53 Å². The van der Waals surface area contributed by atoms with Crippen LogP contribution >= 0.6 is 11.3 Å². The minimum atomic E-state index is -1.07. The number of methoxy groups -OCH3 is 1. The van der Waals surface area contributed by atoms with Crippen molar-refractivity contribution in [2.24, 2.45) is 0 Å². The Balaban J connectivity index is 1.62. The fourth-order valence-corrected chi connectivity index (χ4v) is 3.09. The molecule has 1 heterocycles. The number of hydrogen-bond acceptors (Lipinski definition) is 7. The summed E-state index contributed by atoms with van der Waals surface area (Å²) in [5, 5.41) is 14.8. The highest BCUT2D eigenvalue weighted by atomic mass is 32.1. The summed E-state index contributed by atoms with van der Waals surface area (Å²) >= 11 is 1.27. The lowest BCUT2D eigenvalue weighted by atomic mass is 10.2. The maximum absolute atomic E-state index is 12.3. The van der Waals surface area contributed by atoms with E-state index in [4.69, 9.17) is 9.47 Å². The zero-order valence-electron chi connectivity index (χ0n) is 15.2. The Morgan fingerprint density at radius 3 is 2.61 bits per heavy atom. The molecule has 0 bridgehead atoms. The number of nitrogens with one attached hydrogen (secondary N) is 1. The molecule has 1 atom stereocenters. The van der Waals surface area contributed by atoms with Crippen molar-refractivity contribution in [1.29, 1.82) is 0 Å². The van der Waals surface area contributed by atoms with Crippen LogP contribution in [0.1, 0.15) is 17.3 Å². The Morgan fingerprint density at radius 1 is 1.18 bits per heavy atom. The summed E-state index contributed by atoms with van der Waals surface area (Å²) in [7, 11) is 1.45. The third-order valence-corrected chi connectivity index (χ3v) is 4.64. The molecule has 0 saturated carbocycles. The van der Waals surface area contributed by atoms with Gasteiger partial charge in [-0.25, -0.2) is 9.78 Å². The number of rotatable bonds is 6. The van der Waals surface area contributed by atoms with Crippen LogP contribution in [0.5, 0.6) is 11.5 Å². The summed E-state index contributed by atoms with van der Waals surface area (Å²) in [6.07, 6.45) is -1.07. The topological polar surface area (TPSA) is 97.8 Å². The molecule has 0 radical (unpaired) electrons. The van der Waals surface area contributed by atoms with E-state index in [-0.39, 0.29) is 11.3 Å². The largest absolute Gasteiger partial charge is 0.507 e. The first-order valence-electron chi connectivity index (χ1n) is 8.37. The van der Waals surface area contributed by atoms with E-state index in [2.05, 4.69) is 10.3 Å². The summed E-state index contributed by atoms with van der Waals surface area (Å²) < 4.78 is 10.1. The third kappa shape index (κ3) is 4.47. The van der Waals surface area contributed by atoms with Crippen molar-refractivity contribution in [1.82, 2.24) is 4.98 Å². The van der Waals surface area contributed by atoms with Gasteiger partial charge in [-0.05, 0) is 19.1 Å². The first-order chi connectivity index (χ1) is 13.5. The SMILES string of the molecule is COc1ccc(C(=O)OC(C)C(=O)Nc2nc(-c3ccccc3)cs2)c(O)c1. The van der Waals surface area contributed by atoms with Crippen molar-refractivity contribution >= 4 is 28.3 Å². The molecule has 2 N–H and O–H groups in total. The molecule has 0 aliphatic carbocycles. The lowest BCUT2D eigenvalue weighted by Crippen LogP contribution is -2.30. The maximum atomic E-state index is 12.3. The van der Waals surface area contributed by atoms with E-state index in [9.17, 15) is 14.7 Å². The summed E-state index contributed by atoms with van der Waals surface area (Å²) in [5.74, 6) is -1.22. The second-order valence-corrected chi connectivity index (χ2v) is 6.68. The number of esters is 1. The Morgan fingerprint density at radius 2 is 1.93 bits per heavy atom. The van der Waals surface area contributed by atoms with Gasteiger partial charge in [-0.1, -0.05) is 30.3 Å². The molecule has 7 nitrogen and oxygen atoms in total. The number of phenolic OH excluding ortho intramolecular Hbond substituents is 1. The van der Waals surface area contributed by atoms with Gasteiger partial charge in [0.05, 0.1) is 12.8 Å². The standard InChI is InChI=1S/C20H18N2O5S/c1-12(27-19(25)15-9-8-14(26-2)10-17(15)23)18(24)22-20-21-16(11-28-20)13-6-4-3-5-7-13/h3-12,23H,1-2H3,(H,21,22,24). The quantitative estimate of drug-likeness (QED) is 0.615. The fourth-order valence-electron chi connectivity index (χ4n) is 2.37. The van der Waals surface area contributed by atoms with Crippen LogP contribution in [0.15, 0.2) is 53.9 Å². The van der Waals surface area contributed by atoms with E-state index in [0.29, 0.717) is 10.9 Å². The smallest absolute Gasteiger partial charge is 0.342 e. The highest BCUT2D eigenvalue weighted by Crippen LogP contribution is 2.26. The molecule has 28 heavy (non-hydrogen) atoms. The van der Waals surface area contributed by atoms with E-state index in [1.54, 1.807) is 0 Å². The van der Waals surface area contributed by atoms with Crippen LogP contribution in [-0.4, -0.2) is 35.2 Å². The Bertz CT molecular complexity index is 987. The maximum Gasteiger partial charge on any atom is 0.342 e. The number of aromatic hydroxyl groups is 1. The number of benzene rings is 2. The van der Waals surface area contributed by atoms with Crippen LogP contribution in [0.3, 0.4) is 0 Å². The normalized spacial score (nSPS) is 11.5. The molecular formula is C20H18N2O5S. The van der Waals surface area contributed by atoms with Crippen molar-refractivity contribution in [2.45, 2.75) is 13.0 Å². The van der Waals surface area contributed by atoms with E-state index in [1.165, 1.54) is 43.6 Å². The predicted octanol–water partition coefficient (Wildman–Crippen LogP) is 3.71. The van der Waals surface area contributed by atoms with E-state index in [1.807, 2.05) is 35.7 Å². The van der Waals surface area contributed by atoms with Crippen molar-refractivity contribution < 1.29 is 24.2 Å². The van der Waals surface area contributed by atoms with E-state index >= 15 is 0 Å². The van der Waals surface area contributed by atoms with Crippen LogP contribution in [0.4, 0.5) is 5.13 Å². The average molecular weight is 398 g/mol. The van der Waals surface area contributed by atoms with E-state index < -0.39 is 18.0 Å². The zero-order valence-corrected chi connectivity index (χ0v) is 16.0. The Labute approximate surface area is 165 Å². The molecule has 0 saturated heterocycles. The number of carbonyl (C=O) groups excluding carboxylic acids is 2. The van der Waals surface area contributed by atoms with E-state index in [0.717, 1.165) is 11.3 Å². The first-order valence-corrected chi connectivity index (χ1v) is 9.25. The molecule has 0 aliphatic rings. The number of anilines is 1. The summed E-state index contributed by atoms with van der Waals surface area (Å²) in [4.78, 5) is 28.9. The van der Waals surface area contributed by atoms with Gasteiger partial charge in [0.1, 0.15) is 17.1 Å². The number of hydrogen-bond donors (Lipinski definition) is 2.